The normalized spacial score (nSPS) is 18.2. The average molecular weight is 353 g/mol. The van der Waals surface area contributed by atoms with Crippen molar-refractivity contribution in [3.63, 3.8) is 0 Å². The number of hydrogen-bond acceptors (Lipinski definition) is 4. The molecule has 1 aliphatic rings. The maximum atomic E-state index is 12.5. The topological polar surface area (TPSA) is 72.2 Å². The van der Waals surface area contributed by atoms with Crippen LogP contribution in [0.2, 0.25) is 0 Å². The highest BCUT2D eigenvalue weighted by molar-refractivity contribution is 7.91. The Morgan fingerprint density at radius 3 is 2.43 bits per heavy atom. The minimum atomic E-state index is -3.44. The van der Waals surface area contributed by atoms with E-state index in [-0.39, 0.29) is 18.4 Å². The fourth-order valence-electron chi connectivity index (χ4n) is 3.01. The maximum absolute atomic E-state index is 12.5. The molecule has 1 aromatic rings. The first-order valence-corrected chi connectivity index (χ1v) is 9.53. The summed E-state index contributed by atoms with van der Waals surface area (Å²) >= 11 is 1.33. The lowest BCUT2D eigenvalue weighted by Crippen LogP contribution is -2.45. The summed E-state index contributed by atoms with van der Waals surface area (Å²) in [6, 6.07) is 1.78. The van der Waals surface area contributed by atoms with Gasteiger partial charge in [-0.3, -0.25) is 0 Å². The van der Waals surface area contributed by atoms with Crippen molar-refractivity contribution in [3.8, 4) is 0 Å². The molecule has 21 heavy (non-hydrogen) atoms. The first kappa shape index (κ1) is 18.9. The zero-order valence-corrected chi connectivity index (χ0v) is 15.0. The van der Waals surface area contributed by atoms with Crippen molar-refractivity contribution in [2.24, 2.45) is 11.7 Å². The largest absolute Gasteiger partial charge is 0.329 e. The summed E-state index contributed by atoms with van der Waals surface area (Å²) in [5.41, 5.74) is 6.63. The van der Waals surface area contributed by atoms with E-state index in [1.807, 2.05) is 19.9 Å². The lowest BCUT2D eigenvalue weighted by atomic mass is 9.84. The van der Waals surface area contributed by atoms with E-state index in [1.165, 1.54) is 30.6 Å². The van der Waals surface area contributed by atoms with Crippen LogP contribution in [-0.4, -0.2) is 21.0 Å². The van der Waals surface area contributed by atoms with Crippen molar-refractivity contribution < 1.29 is 8.42 Å². The minimum Gasteiger partial charge on any atom is -0.329 e. The molecule has 1 unspecified atom stereocenters. The van der Waals surface area contributed by atoms with Crippen LogP contribution in [0.15, 0.2) is 10.3 Å². The van der Waals surface area contributed by atoms with Crippen molar-refractivity contribution in [1.82, 2.24) is 4.72 Å². The Balaban J connectivity index is 0.00000220. The third-order valence-electron chi connectivity index (χ3n) is 4.02. The van der Waals surface area contributed by atoms with Crippen LogP contribution in [0.5, 0.6) is 0 Å². The average Bonchev–Trinajstić information content (AvgIpc) is 2.77. The molecule has 3 N–H and O–H groups in total. The molecule has 0 bridgehead atoms. The van der Waals surface area contributed by atoms with Crippen molar-refractivity contribution in [1.29, 1.82) is 0 Å². The van der Waals surface area contributed by atoms with Crippen LogP contribution in [0.4, 0.5) is 0 Å². The van der Waals surface area contributed by atoms with Crippen molar-refractivity contribution in [2.75, 3.05) is 6.54 Å². The number of nitrogens with two attached hydrogens (primary N) is 1. The summed E-state index contributed by atoms with van der Waals surface area (Å²) in [4.78, 5) is 1.02. The van der Waals surface area contributed by atoms with Gasteiger partial charge in [-0.25, -0.2) is 13.1 Å². The molecule has 1 aromatic heterocycles. The maximum Gasteiger partial charge on any atom is 0.250 e. The summed E-state index contributed by atoms with van der Waals surface area (Å²) in [5, 5.41) is 0. The highest BCUT2D eigenvalue weighted by atomic mass is 35.5. The van der Waals surface area contributed by atoms with Crippen molar-refractivity contribution in [3.05, 3.63) is 16.5 Å². The molecule has 2 rings (SSSR count). The summed E-state index contributed by atoms with van der Waals surface area (Å²) in [5.74, 6) is 0.380. The van der Waals surface area contributed by atoms with E-state index in [9.17, 15) is 8.42 Å². The number of sulfonamides is 1. The fraction of sp³-hybridized carbons (Fsp3) is 0.714. The molecule has 4 nitrogen and oxygen atoms in total. The molecule has 1 atom stereocenters. The quantitative estimate of drug-likeness (QED) is 0.855. The fourth-order valence-corrected chi connectivity index (χ4v) is 6.02. The van der Waals surface area contributed by atoms with Gasteiger partial charge in [-0.1, -0.05) is 19.3 Å². The van der Waals surface area contributed by atoms with E-state index in [4.69, 9.17) is 5.73 Å². The van der Waals surface area contributed by atoms with Gasteiger partial charge in [0.15, 0.2) is 0 Å². The van der Waals surface area contributed by atoms with Gasteiger partial charge in [0.1, 0.15) is 4.21 Å². The van der Waals surface area contributed by atoms with Gasteiger partial charge in [0.2, 0.25) is 0 Å². The molecule has 0 aromatic carbocycles. The molecule has 1 fully saturated rings. The minimum absolute atomic E-state index is 0. The molecule has 0 aliphatic heterocycles. The molecule has 1 heterocycles. The van der Waals surface area contributed by atoms with E-state index >= 15 is 0 Å². The molecule has 0 amide bonds. The lowest BCUT2D eigenvalue weighted by Gasteiger charge is -2.29. The third kappa shape index (κ3) is 4.66. The lowest BCUT2D eigenvalue weighted by molar-refractivity contribution is 0.294. The molecule has 0 spiro atoms. The summed E-state index contributed by atoms with van der Waals surface area (Å²) in [6.07, 6.45) is 5.77. The molecular weight excluding hydrogens is 328 g/mol. The van der Waals surface area contributed by atoms with E-state index < -0.39 is 10.0 Å². The van der Waals surface area contributed by atoms with E-state index in [0.29, 0.717) is 16.7 Å². The molecule has 122 valence electrons. The van der Waals surface area contributed by atoms with Crippen LogP contribution < -0.4 is 10.5 Å². The molecule has 1 aliphatic carbocycles. The number of hydrogen-bond donors (Lipinski definition) is 2. The summed E-state index contributed by atoms with van der Waals surface area (Å²) < 4.78 is 28.3. The molecule has 0 radical (unpaired) electrons. The monoisotopic (exact) mass is 352 g/mol. The van der Waals surface area contributed by atoms with Crippen molar-refractivity contribution >= 4 is 33.8 Å². The first-order valence-electron chi connectivity index (χ1n) is 7.23. The number of aryl methyl sites for hydroxylation is 2. The predicted molar refractivity (Wildman–Crippen MR) is 90.8 cm³/mol. The SMILES string of the molecule is Cc1cc(C)c(S(=O)(=O)NC(CN)C2CCCCC2)s1.Cl. The Morgan fingerprint density at radius 2 is 1.95 bits per heavy atom. The Bertz CT molecular complexity index is 551. The van der Waals surface area contributed by atoms with Gasteiger partial charge >= 0.3 is 0 Å². The number of thiophene rings is 1. The van der Waals surface area contributed by atoms with Crippen LogP contribution >= 0.6 is 23.7 Å². The van der Waals surface area contributed by atoms with Gasteiger partial charge in [0.05, 0.1) is 0 Å². The van der Waals surface area contributed by atoms with Gasteiger partial charge in [-0.15, -0.1) is 23.7 Å². The second kappa shape index (κ2) is 7.92. The molecule has 0 saturated heterocycles. The third-order valence-corrected chi connectivity index (χ3v) is 7.30. The smallest absolute Gasteiger partial charge is 0.250 e. The zero-order chi connectivity index (χ0) is 14.8. The van der Waals surface area contributed by atoms with E-state index in [2.05, 4.69) is 4.72 Å². The predicted octanol–water partition coefficient (Wildman–Crippen LogP) is 2.97. The Kier molecular flexibility index (Phi) is 7.13. The van der Waals surface area contributed by atoms with Crippen LogP contribution in [-0.2, 0) is 10.0 Å². The summed E-state index contributed by atoms with van der Waals surface area (Å²) in [7, 11) is -3.44. The second-order valence-corrected chi connectivity index (χ2v) is 8.85. The number of rotatable bonds is 5. The highest BCUT2D eigenvalue weighted by Crippen LogP contribution is 2.29. The Labute approximate surface area is 138 Å². The van der Waals surface area contributed by atoms with Crippen molar-refractivity contribution in [2.45, 2.75) is 56.2 Å². The first-order chi connectivity index (χ1) is 9.44. The highest BCUT2D eigenvalue weighted by Gasteiger charge is 2.28. The van der Waals surface area contributed by atoms with Gasteiger partial charge in [0.25, 0.3) is 10.0 Å². The van der Waals surface area contributed by atoms with E-state index in [0.717, 1.165) is 23.3 Å². The van der Waals surface area contributed by atoms with Crippen LogP contribution in [0.3, 0.4) is 0 Å². The van der Waals surface area contributed by atoms with Gasteiger partial charge in [-0.2, -0.15) is 0 Å². The van der Waals surface area contributed by atoms with Gasteiger partial charge in [0, 0.05) is 17.5 Å². The van der Waals surface area contributed by atoms with Crippen LogP contribution in [0, 0.1) is 19.8 Å². The second-order valence-electron chi connectivity index (χ2n) is 5.69. The Morgan fingerprint density at radius 1 is 1.33 bits per heavy atom. The Hall–Kier alpha value is -0.140. The number of nitrogens with one attached hydrogen (secondary N) is 1. The van der Waals surface area contributed by atoms with Crippen LogP contribution in [0.25, 0.3) is 0 Å². The molecular formula is C14H25ClN2O2S2. The van der Waals surface area contributed by atoms with Gasteiger partial charge < -0.3 is 5.73 Å². The summed E-state index contributed by atoms with van der Waals surface area (Å²) in [6.45, 7) is 4.14. The molecule has 7 heteroatoms. The zero-order valence-electron chi connectivity index (χ0n) is 12.6. The number of halogens is 1. The van der Waals surface area contributed by atoms with Crippen LogP contribution in [0.1, 0.15) is 42.5 Å². The molecule has 1 saturated carbocycles. The standard InChI is InChI=1S/C14H24N2O2S2.ClH/c1-10-8-11(2)19-14(10)20(17,18)16-13(9-15)12-6-4-3-5-7-12;/h8,12-13,16H,3-7,9,15H2,1-2H3;1H. The van der Waals surface area contributed by atoms with E-state index in [1.54, 1.807) is 0 Å². The van der Waals surface area contributed by atoms with Gasteiger partial charge in [-0.05, 0) is 44.2 Å².